The van der Waals surface area contributed by atoms with Gasteiger partial charge in [0.2, 0.25) is 0 Å². The van der Waals surface area contributed by atoms with Crippen molar-refractivity contribution in [2.45, 2.75) is 0 Å². The Hall–Kier alpha value is -6.20. The molecular formula is C40H25N5. The van der Waals surface area contributed by atoms with Crippen molar-refractivity contribution < 1.29 is 0 Å². The van der Waals surface area contributed by atoms with Crippen LogP contribution in [0.4, 0.5) is 0 Å². The molecule has 210 valence electrons. The van der Waals surface area contributed by atoms with Crippen LogP contribution in [0.3, 0.4) is 0 Å². The minimum Gasteiger partial charge on any atom is -0.299 e. The van der Waals surface area contributed by atoms with Crippen LogP contribution in [0.5, 0.6) is 0 Å². The Morgan fingerprint density at radius 2 is 1.07 bits per heavy atom. The Kier molecular flexibility index (Phi) is 5.74. The summed E-state index contributed by atoms with van der Waals surface area (Å²) < 4.78 is 2.18. The summed E-state index contributed by atoms with van der Waals surface area (Å²) in [5.41, 5.74) is 9.83. The molecule has 0 amide bonds. The van der Waals surface area contributed by atoms with Gasteiger partial charge in [-0.05, 0) is 53.2 Å². The van der Waals surface area contributed by atoms with Crippen molar-refractivity contribution in [1.29, 1.82) is 0 Å². The predicted octanol–water partition coefficient (Wildman–Crippen LogP) is 9.65. The summed E-state index contributed by atoms with van der Waals surface area (Å²) in [5.74, 6) is 0.685. The molecule has 0 saturated heterocycles. The average Bonchev–Trinajstić information content (AvgIpc) is 3.52. The van der Waals surface area contributed by atoms with Gasteiger partial charge in [0.05, 0.1) is 28.1 Å². The van der Waals surface area contributed by atoms with E-state index in [1.54, 1.807) is 0 Å². The van der Waals surface area contributed by atoms with E-state index in [-0.39, 0.29) is 0 Å². The molecule has 0 fully saturated rings. The third kappa shape index (κ3) is 4.25. The van der Waals surface area contributed by atoms with E-state index < -0.39 is 0 Å². The third-order valence-corrected chi connectivity index (χ3v) is 8.45. The highest BCUT2D eigenvalue weighted by molar-refractivity contribution is 6.25. The molecule has 9 rings (SSSR count). The van der Waals surface area contributed by atoms with Crippen LogP contribution in [0.2, 0.25) is 0 Å². The first kappa shape index (κ1) is 25.3. The van der Waals surface area contributed by atoms with E-state index in [0.717, 1.165) is 77.6 Å². The van der Waals surface area contributed by atoms with Gasteiger partial charge >= 0.3 is 0 Å². The fraction of sp³-hybridized carbons (Fsp3) is 0. The summed E-state index contributed by atoms with van der Waals surface area (Å²) in [5, 5.41) is 4.46. The molecule has 0 radical (unpaired) electrons. The van der Waals surface area contributed by atoms with Crippen molar-refractivity contribution in [3.8, 4) is 45.2 Å². The smallest absolute Gasteiger partial charge is 0.160 e. The lowest BCUT2D eigenvalue weighted by Crippen LogP contribution is -1.96. The normalized spacial score (nSPS) is 11.6. The summed E-state index contributed by atoms with van der Waals surface area (Å²) in [4.78, 5) is 20.0. The molecule has 0 atom stereocenters. The Morgan fingerprint density at radius 1 is 0.422 bits per heavy atom. The van der Waals surface area contributed by atoms with Gasteiger partial charge in [-0.15, -0.1) is 0 Å². The SMILES string of the molecule is c1ccc(-c2cc(-c3ccccc3)nc(-c3ccc4c(c3)c3cc(-c5ccccn5)ccc3c3nc5ccccn5c43)n2)cc1. The molecule has 9 aromatic rings. The predicted molar refractivity (Wildman–Crippen MR) is 183 cm³/mol. The molecule has 4 aromatic heterocycles. The fourth-order valence-electron chi connectivity index (χ4n) is 6.31. The van der Waals surface area contributed by atoms with E-state index in [1.807, 2.05) is 66.9 Å². The number of imidazole rings is 1. The second-order valence-electron chi connectivity index (χ2n) is 11.2. The summed E-state index contributed by atoms with van der Waals surface area (Å²) in [6.45, 7) is 0. The monoisotopic (exact) mass is 575 g/mol. The zero-order chi connectivity index (χ0) is 29.7. The lowest BCUT2D eigenvalue weighted by molar-refractivity contribution is 1.18. The largest absolute Gasteiger partial charge is 0.299 e. The molecule has 5 heteroatoms. The number of aromatic nitrogens is 5. The van der Waals surface area contributed by atoms with Crippen LogP contribution in [0, 0.1) is 0 Å². The van der Waals surface area contributed by atoms with Gasteiger partial charge in [-0.25, -0.2) is 15.0 Å². The van der Waals surface area contributed by atoms with Gasteiger partial charge in [0.15, 0.2) is 5.82 Å². The van der Waals surface area contributed by atoms with Crippen molar-refractivity contribution >= 4 is 38.2 Å². The van der Waals surface area contributed by atoms with Crippen molar-refractivity contribution in [3.63, 3.8) is 0 Å². The second kappa shape index (κ2) is 10.2. The number of hydrogen-bond acceptors (Lipinski definition) is 4. The van der Waals surface area contributed by atoms with Crippen molar-refractivity contribution in [2.24, 2.45) is 0 Å². The van der Waals surface area contributed by atoms with E-state index in [4.69, 9.17) is 15.0 Å². The van der Waals surface area contributed by atoms with E-state index in [9.17, 15) is 0 Å². The number of hydrogen-bond donors (Lipinski definition) is 0. The van der Waals surface area contributed by atoms with Gasteiger partial charge < -0.3 is 0 Å². The number of nitrogens with zero attached hydrogens (tertiary/aromatic N) is 5. The molecule has 4 heterocycles. The lowest BCUT2D eigenvalue weighted by atomic mass is 9.95. The molecule has 0 bridgehead atoms. The molecule has 0 aliphatic heterocycles. The number of rotatable bonds is 4. The standard InChI is InChI=1S/C40H25N5/c1-3-11-26(12-4-1)35-25-36(27-13-5-2-6-14-27)43-40(42-35)29-18-20-31-33(24-29)32-23-28(34-15-7-9-21-41-34)17-19-30(32)38-39(31)45-22-10-8-16-37(45)44-38/h1-25H. The van der Waals surface area contributed by atoms with Gasteiger partial charge in [0.1, 0.15) is 5.65 Å². The minimum absolute atomic E-state index is 0.685. The Morgan fingerprint density at radius 3 is 1.80 bits per heavy atom. The fourth-order valence-corrected chi connectivity index (χ4v) is 6.31. The maximum atomic E-state index is 5.12. The summed E-state index contributed by atoms with van der Waals surface area (Å²) in [7, 11) is 0. The minimum atomic E-state index is 0.685. The highest BCUT2D eigenvalue weighted by atomic mass is 15.0. The van der Waals surface area contributed by atoms with Crippen LogP contribution in [0.15, 0.2) is 152 Å². The second-order valence-corrected chi connectivity index (χ2v) is 11.2. The highest BCUT2D eigenvalue weighted by Crippen LogP contribution is 2.39. The maximum Gasteiger partial charge on any atom is 0.160 e. The van der Waals surface area contributed by atoms with Crippen LogP contribution in [0.25, 0.3) is 83.4 Å². The zero-order valence-corrected chi connectivity index (χ0v) is 24.2. The summed E-state index contributed by atoms with van der Waals surface area (Å²) >= 11 is 0. The van der Waals surface area contributed by atoms with Crippen LogP contribution >= 0.6 is 0 Å². The van der Waals surface area contributed by atoms with Crippen molar-refractivity contribution in [3.05, 3.63) is 152 Å². The van der Waals surface area contributed by atoms with E-state index in [1.165, 1.54) is 0 Å². The molecule has 45 heavy (non-hydrogen) atoms. The Balaban J connectivity index is 1.35. The molecule has 0 saturated carbocycles. The average molecular weight is 576 g/mol. The topological polar surface area (TPSA) is 56.0 Å². The van der Waals surface area contributed by atoms with E-state index in [0.29, 0.717) is 5.82 Å². The molecule has 0 spiro atoms. The van der Waals surface area contributed by atoms with Gasteiger partial charge in [-0.3, -0.25) is 9.38 Å². The molecule has 0 unspecified atom stereocenters. The summed E-state index contributed by atoms with van der Waals surface area (Å²) in [6, 6.07) is 48.0. The van der Waals surface area contributed by atoms with E-state index >= 15 is 0 Å². The van der Waals surface area contributed by atoms with E-state index in [2.05, 4.69) is 94.4 Å². The molecular weight excluding hydrogens is 550 g/mol. The van der Waals surface area contributed by atoms with Gasteiger partial charge in [-0.2, -0.15) is 0 Å². The molecule has 0 aliphatic rings. The molecule has 5 nitrogen and oxygen atoms in total. The Bertz CT molecular complexity index is 2460. The first-order chi connectivity index (χ1) is 22.3. The lowest BCUT2D eigenvalue weighted by Gasteiger charge is -2.12. The number of pyridine rings is 2. The number of benzene rings is 5. The Labute approximate surface area is 259 Å². The van der Waals surface area contributed by atoms with Gasteiger partial charge in [-0.1, -0.05) is 97.1 Å². The first-order valence-corrected chi connectivity index (χ1v) is 15.0. The zero-order valence-electron chi connectivity index (χ0n) is 24.2. The van der Waals surface area contributed by atoms with Gasteiger partial charge in [0, 0.05) is 45.4 Å². The summed E-state index contributed by atoms with van der Waals surface area (Å²) in [6.07, 6.45) is 3.92. The van der Waals surface area contributed by atoms with Crippen molar-refractivity contribution in [2.75, 3.05) is 0 Å². The van der Waals surface area contributed by atoms with Gasteiger partial charge in [0.25, 0.3) is 0 Å². The van der Waals surface area contributed by atoms with Crippen LogP contribution in [-0.4, -0.2) is 24.3 Å². The van der Waals surface area contributed by atoms with Crippen molar-refractivity contribution in [1.82, 2.24) is 24.3 Å². The molecule has 0 aliphatic carbocycles. The maximum absolute atomic E-state index is 5.12. The number of fused-ring (bicyclic) bond motifs is 8. The van der Waals surface area contributed by atoms with Crippen LogP contribution < -0.4 is 0 Å². The molecule has 5 aromatic carbocycles. The first-order valence-electron chi connectivity index (χ1n) is 15.0. The van der Waals surface area contributed by atoms with Crippen LogP contribution in [0.1, 0.15) is 0 Å². The highest BCUT2D eigenvalue weighted by Gasteiger charge is 2.17. The van der Waals surface area contributed by atoms with Crippen LogP contribution in [-0.2, 0) is 0 Å². The molecule has 0 N–H and O–H groups in total. The quantitative estimate of drug-likeness (QED) is 0.196. The third-order valence-electron chi connectivity index (χ3n) is 8.45.